The van der Waals surface area contributed by atoms with Crippen molar-refractivity contribution in [2.24, 2.45) is 0 Å². The third-order valence-corrected chi connectivity index (χ3v) is 5.10. The number of hydrogen-bond donors (Lipinski definition) is 2. The third-order valence-electron chi connectivity index (χ3n) is 5.10. The van der Waals surface area contributed by atoms with Gasteiger partial charge in [-0.3, -0.25) is 4.98 Å². The number of hydrogen-bond acceptors (Lipinski definition) is 3. The molecule has 0 atom stereocenters. The van der Waals surface area contributed by atoms with E-state index in [0.29, 0.717) is 11.1 Å². The van der Waals surface area contributed by atoms with Gasteiger partial charge in [-0.15, -0.1) is 0 Å². The lowest BCUT2D eigenvalue weighted by molar-refractivity contribution is -0.131. The molecule has 0 bridgehead atoms. The van der Waals surface area contributed by atoms with Gasteiger partial charge in [-0.05, 0) is 58.0 Å². The molecule has 5 nitrogen and oxygen atoms in total. The first-order chi connectivity index (χ1) is 15.0. The average molecular weight is 411 g/mol. The molecule has 31 heavy (non-hydrogen) atoms. The van der Waals surface area contributed by atoms with Crippen molar-refractivity contribution < 1.29 is 14.3 Å². The molecular formula is C26H21NO4. The number of fused-ring (bicyclic) bond motifs is 1. The van der Waals surface area contributed by atoms with Gasteiger partial charge in [0.15, 0.2) is 5.58 Å². The average Bonchev–Trinajstić information content (AvgIpc) is 3.16. The van der Waals surface area contributed by atoms with Crippen LogP contribution in [0, 0.1) is 0 Å². The number of aromatic amines is 1. The zero-order valence-electron chi connectivity index (χ0n) is 17.0. The number of carbonyl (C=O) groups is 1. The van der Waals surface area contributed by atoms with Crippen molar-refractivity contribution in [1.29, 1.82) is 0 Å². The van der Waals surface area contributed by atoms with E-state index >= 15 is 0 Å². The Morgan fingerprint density at radius 3 is 2.35 bits per heavy atom. The van der Waals surface area contributed by atoms with Crippen molar-refractivity contribution in [2.45, 2.75) is 13.3 Å². The predicted molar refractivity (Wildman–Crippen MR) is 123 cm³/mol. The topological polar surface area (TPSA) is 83.3 Å². The van der Waals surface area contributed by atoms with Crippen molar-refractivity contribution in [3.63, 3.8) is 0 Å². The molecule has 0 aliphatic carbocycles. The number of nitrogens with one attached hydrogen (secondary N) is 1. The first-order valence-corrected chi connectivity index (χ1v) is 9.98. The lowest BCUT2D eigenvalue weighted by Gasteiger charge is -2.16. The Hall–Kier alpha value is -4.12. The fraction of sp³-hybridized carbons (Fsp3) is 0.0769. The Bertz CT molecular complexity index is 1340. The van der Waals surface area contributed by atoms with Crippen LogP contribution in [0.4, 0.5) is 0 Å². The van der Waals surface area contributed by atoms with Gasteiger partial charge >= 0.3 is 11.7 Å². The maximum absolute atomic E-state index is 11.6. The van der Waals surface area contributed by atoms with Gasteiger partial charge in [-0.25, -0.2) is 9.59 Å². The summed E-state index contributed by atoms with van der Waals surface area (Å²) in [5.74, 6) is -1.46. The molecule has 2 N–H and O–H groups in total. The van der Waals surface area contributed by atoms with Gasteiger partial charge in [-0.2, -0.15) is 0 Å². The number of rotatable bonds is 6. The standard InChI is InChI=1S/C26H21NO4/c1-2-21(18-6-4-3-5-7-18)25(19-11-8-17(9-12-19)10-15-24(28)29)20-13-14-22-23(16-20)31-26(30)27-22/h3-16H,2H2,1H3,(H,27,30)(H,28,29)/b15-10+,25-21+. The lowest BCUT2D eigenvalue weighted by atomic mass is 9.88. The molecule has 0 fully saturated rings. The molecule has 0 spiro atoms. The molecule has 1 aromatic heterocycles. The predicted octanol–water partition coefficient (Wildman–Crippen LogP) is 5.59. The van der Waals surface area contributed by atoms with E-state index in [0.717, 1.165) is 45.9 Å². The minimum absolute atomic E-state index is 0.481. The van der Waals surface area contributed by atoms with Crippen molar-refractivity contribution in [2.75, 3.05) is 0 Å². The largest absolute Gasteiger partial charge is 0.478 e. The fourth-order valence-electron chi connectivity index (χ4n) is 3.71. The molecule has 4 rings (SSSR count). The first-order valence-electron chi connectivity index (χ1n) is 9.98. The molecule has 0 unspecified atom stereocenters. The summed E-state index contributed by atoms with van der Waals surface area (Å²) in [6.45, 7) is 2.11. The number of aliphatic carboxylic acids is 1. The van der Waals surface area contributed by atoms with Gasteiger partial charge < -0.3 is 9.52 Å². The number of carboxylic acid groups (broad SMARTS) is 1. The maximum Gasteiger partial charge on any atom is 0.417 e. The number of benzene rings is 3. The quantitative estimate of drug-likeness (QED) is 0.320. The highest BCUT2D eigenvalue weighted by Crippen LogP contribution is 2.35. The highest BCUT2D eigenvalue weighted by Gasteiger charge is 2.14. The molecule has 0 amide bonds. The van der Waals surface area contributed by atoms with Crippen LogP contribution in [0.5, 0.6) is 0 Å². The molecule has 154 valence electrons. The molecular weight excluding hydrogens is 390 g/mol. The summed E-state index contributed by atoms with van der Waals surface area (Å²) >= 11 is 0. The van der Waals surface area contributed by atoms with E-state index < -0.39 is 11.7 Å². The molecule has 1 heterocycles. The van der Waals surface area contributed by atoms with Gasteiger partial charge in [0, 0.05) is 6.08 Å². The minimum atomic E-state index is -0.983. The van der Waals surface area contributed by atoms with Gasteiger partial charge in [-0.1, -0.05) is 67.6 Å². The van der Waals surface area contributed by atoms with Crippen molar-refractivity contribution in [3.05, 3.63) is 112 Å². The van der Waals surface area contributed by atoms with Crippen LogP contribution < -0.4 is 5.76 Å². The van der Waals surface area contributed by atoms with Crippen molar-refractivity contribution >= 4 is 34.3 Å². The summed E-state index contributed by atoms with van der Waals surface area (Å²) in [6, 6.07) is 23.6. The smallest absolute Gasteiger partial charge is 0.417 e. The van der Waals surface area contributed by atoms with Gasteiger partial charge in [0.25, 0.3) is 0 Å². The Morgan fingerprint density at radius 1 is 0.968 bits per heavy atom. The van der Waals surface area contributed by atoms with E-state index in [9.17, 15) is 9.59 Å². The fourth-order valence-corrected chi connectivity index (χ4v) is 3.71. The third kappa shape index (κ3) is 4.41. The van der Waals surface area contributed by atoms with Crippen LogP contribution in [-0.2, 0) is 4.79 Å². The maximum atomic E-state index is 11.6. The number of aromatic nitrogens is 1. The number of carboxylic acids is 1. The number of oxazole rings is 1. The Morgan fingerprint density at radius 2 is 1.68 bits per heavy atom. The van der Waals surface area contributed by atoms with E-state index in [-0.39, 0.29) is 0 Å². The van der Waals surface area contributed by atoms with E-state index in [1.54, 1.807) is 6.08 Å². The number of allylic oxidation sites excluding steroid dienone is 1. The Balaban J connectivity index is 1.91. The molecule has 0 saturated heterocycles. The van der Waals surface area contributed by atoms with Crippen LogP contribution in [0.3, 0.4) is 0 Å². The second-order valence-electron chi connectivity index (χ2n) is 7.09. The highest BCUT2D eigenvalue weighted by molar-refractivity contribution is 6.00. The molecule has 5 heteroatoms. The van der Waals surface area contributed by atoms with Crippen LogP contribution in [-0.4, -0.2) is 16.1 Å². The first kappa shape index (κ1) is 20.2. The monoisotopic (exact) mass is 411 g/mol. The van der Waals surface area contributed by atoms with Gasteiger partial charge in [0.05, 0.1) is 5.52 Å². The highest BCUT2D eigenvalue weighted by atomic mass is 16.4. The number of H-pyrrole nitrogens is 1. The van der Waals surface area contributed by atoms with Crippen LogP contribution >= 0.6 is 0 Å². The molecule has 0 saturated carbocycles. The summed E-state index contributed by atoms with van der Waals surface area (Å²) in [7, 11) is 0. The summed E-state index contributed by atoms with van der Waals surface area (Å²) < 4.78 is 5.29. The van der Waals surface area contributed by atoms with Crippen molar-refractivity contribution in [3.8, 4) is 0 Å². The molecule has 0 radical (unpaired) electrons. The summed E-state index contributed by atoms with van der Waals surface area (Å²) in [6.07, 6.45) is 3.48. The van der Waals surface area contributed by atoms with Gasteiger partial charge in [0.2, 0.25) is 0 Å². The SMILES string of the molecule is CC/C(=C(/c1ccc(/C=C/C(=O)O)cc1)c1ccc2[nH]c(=O)oc2c1)c1ccccc1. The van der Waals surface area contributed by atoms with Crippen LogP contribution in [0.15, 0.2) is 88.1 Å². The van der Waals surface area contributed by atoms with E-state index in [1.165, 1.54) is 0 Å². The second-order valence-corrected chi connectivity index (χ2v) is 7.09. The van der Waals surface area contributed by atoms with Crippen LogP contribution in [0.2, 0.25) is 0 Å². The molecule has 4 aromatic rings. The molecule has 0 aliphatic heterocycles. The summed E-state index contributed by atoms with van der Waals surface area (Å²) in [5, 5.41) is 8.86. The van der Waals surface area contributed by atoms with E-state index in [4.69, 9.17) is 9.52 Å². The summed E-state index contributed by atoms with van der Waals surface area (Å²) in [4.78, 5) is 25.1. The van der Waals surface area contributed by atoms with E-state index in [2.05, 4.69) is 24.0 Å². The Labute approximate surface area is 179 Å². The zero-order chi connectivity index (χ0) is 21.8. The second kappa shape index (κ2) is 8.71. The van der Waals surface area contributed by atoms with E-state index in [1.807, 2.05) is 60.7 Å². The zero-order valence-corrected chi connectivity index (χ0v) is 17.0. The molecule has 3 aromatic carbocycles. The minimum Gasteiger partial charge on any atom is -0.478 e. The van der Waals surface area contributed by atoms with Gasteiger partial charge in [0.1, 0.15) is 0 Å². The molecule has 0 aliphatic rings. The van der Waals surface area contributed by atoms with Crippen molar-refractivity contribution in [1.82, 2.24) is 4.98 Å². The summed E-state index contributed by atoms with van der Waals surface area (Å²) in [5.41, 5.74) is 7.19. The van der Waals surface area contributed by atoms with Crippen LogP contribution in [0.1, 0.15) is 35.6 Å². The Kier molecular flexibility index (Phi) is 5.67. The van der Waals surface area contributed by atoms with Crippen LogP contribution in [0.25, 0.3) is 28.3 Å². The normalized spacial score (nSPS) is 12.3. The lowest BCUT2D eigenvalue weighted by Crippen LogP contribution is -1.95.